The Morgan fingerprint density at radius 1 is 1.35 bits per heavy atom. The van der Waals surface area contributed by atoms with Crippen LogP contribution in [0.4, 0.5) is 10.2 Å². The second-order valence-electron chi connectivity index (χ2n) is 4.50. The van der Waals surface area contributed by atoms with Crippen molar-refractivity contribution < 1.29 is 4.39 Å². The first-order valence-corrected chi connectivity index (χ1v) is 7.03. The van der Waals surface area contributed by atoms with Crippen LogP contribution in [0.1, 0.15) is 5.56 Å². The number of imidazole rings is 1. The highest BCUT2D eigenvalue weighted by atomic mass is 79.9. The molecule has 0 radical (unpaired) electrons. The minimum atomic E-state index is -0.440. The Bertz CT molecular complexity index is 829. The molecule has 0 aliphatic heterocycles. The third-order valence-electron chi connectivity index (χ3n) is 3.09. The molecule has 102 valence electrons. The maximum absolute atomic E-state index is 14.0. The van der Waals surface area contributed by atoms with Crippen molar-refractivity contribution in [2.45, 2.75) is 6.92 Å². The quantitative estimate of drug-likeness (QED) is 0.702. The molecule has 2 N–H and O–H groups in total. The Labute approximate surface area is 128 Å². The molecule has 0 saturated carbocycles. The highest BCUT2D eigenvalue weighted by Gasteiger charge is 2.16. The molecule has 3 aromatic rings. The first kappa shape index (κ1) is 13.4. The van der Waals surface area contributed by atoms with E-state index < -0.39 is 5.82 Å². The Morgan fingerprint density at radius 2 is 2.10 bits per heavy atom. The number of rotatable bonds is 1. The van der Waals surface area contributed by atoms with Crippen molar-refractivity contribution in [2.75, 3.05) is 5.73 Å². The molecule has 0 amide bonds. The van der Waals surface area contributed by atoms with Gasteiger partial charge in [0, 0.05) is 21.3 Å². The van der Waals surface area contributed by atoms with Gasteiger partial charge in [-0.3, -0.25) is 4.40 Å². The average molecular weight is 355 g/mol. The molecule has 3 rings (SSSR count). The minimum Gasteiger partial charge on any atom is -0.383 e. The molecule has 0 bridgehead atoms. The number of nitrogen functional groups attached to an aromatic ring is 1. The number of aryl methyl sites for hydroxylation is 1. The van der Waals surface area contributed by atoms with Crippen LogP contribution in [0.5, 0.6) is 0 Å². The average Bonchev–Trinajstić information content (AvgIpc) is 2.68. The number of hydrogen-bond acceptors (Lipinski definition) is 2. The molecule has 0 unspecified atom stereocenters. The normalized spacial score (nSPS) is 11.2. The molecule has 0 saturated heterocycles. The van der Waals surface area contributed by atoms with Gasteiger partial charge in [-0.15, -0.1) is 0 Å². The molecule has 0 spiro atoms. The summed E-state index contributed by atoms with van der Waals surface area (Å²) in [6.45, 7) is 1.93. The molecule has 0 aliphatic rings. The van der Waals surface area contributed by atoms with Crippen molar-refractivity contribution in [1.82, 2.24) is 9.38 Å². The summed E-state index contributed by atoms with van der Waals surface area (Å²) < 4.78 is 16.6. The lowest BCUT2D eigenvalue weighted by Crippen LogP contribution is -1.96. The fourth-order valence-corrected chi connectivity index (χ4v) is 2.87. The van der Waals surface area contributed by atoms with Gasteiger partial charge in [-0.05, 0) is 52.7 Å². The number of nitrogens with zero attached hydrogens (tertiary/aromatic N) is 2. The number of benzene rings is 1. The Morgan fingerprint density at radius 3 is 2.80 bits per heavy atom. The van der Waals surface area contributed by atoms with E-state index in [0.717, 1.165) is 10.0 Å². The minimum absolute atomic E-state index is 0.339. The van der Waals surface area contributed by atoms with Gasteiger partial charge in [-0.25, -0.2) is 9.37 Å². The van der Waals surface area contributed by atoms with E-state index in [9.17, 15) is 4.39 Å². The van der Waals surface area contributed by atoms with Crippen molar-refractivity contribution >= 4 is 39.0 Å². The number of nitrogens with two attached hydrogens (primary N) is 1. The summed E-state index contributed by atoms with van der Waals surface area (Å²) in [5, 5.41) is 0.340. The molecule has 6 heteroatoms. The van der Waals surface area contributed by atoms with Gasteiger partial charge >= 0.3 is 0 Å². The summed E-state index contributed by atoms with van der Waals surface area (Å²) in [4.78, 5) is 4.45. The molecule has 0 atom stereocenters. The fourth-order valence-electron chi connectivity index (χ4n) is 2.17. The Hall–Kier alpha value is -1.59. The molecule has 3 nitrogen and oxygen atoms in total. The zero-order chi connectivity index (χ0) is 14.4. The standard InChI is InChI=1S/C14H10BrClFN3/c1-7-4-8(15)6-20-13(18)12(19-14(7)20)10-3-2-9(16)5-11(10)17/h2-6H,18H2,1H3. The van der Waals surface area contributed by atoms with E-state index in [2.05, 4.69) is 20.9 Å². The SMILES string of the molecule is Cc1cc(Br)cn2c(N)c(-c3ccc(Cl)cc3F)nc12. The van der Waals surface area contributed by atoms with E-state index >= 15 is 0 Å². The number of aromatic nitrogens is 2. The summed E-state index contributed by atoms with van der Waals surface area (Å²) >= 11 is 9.18. The van der Waals surface area contributed by atoms with E-state index in [-0.39, 0.29) is 0 Å². The first-order chi connectivity index (χ1) is 9.47. The smallest absolute Gasteiger partial charge is 0.142 e. The van der Waals surface area contributed by atoms with Crippen molar-refractivity contribution in [2.24, 2.45) is 0 Å². The summed E-state index contributed by atoms with van der Waals surface area (Å²) in [6, 6.07) is 6.39. The van der Waals surface area contributed by atoms with Gasteiger partial charge in [-0.2, -0.15) is 0 Å². The molecule has 2 heterocycles. The molecular formula is C14H10BrClFN3. The largest absolute Gasteiger partial charge is 0.383 e. The number of halogens is 3. The third kappa shape index (κ3) is 2.07. The monoisotopic (exact) mass is 353 g/mol. The number of hydrogen-bond donors (Lipinski definition) is 1. The number of pyridine rings is 1. The van der Waals surface area contributed by atoms with E-state index in [1.54, 1.807) is 16.5 Å². The highest BCUT2D eigenvalue weighted by molar-refractivity contribution is 9.10. The van der Waals surface area contributed by atoms with Crippen LogP contribution < -0.4 is 5.73 Å². The van der Waals surface area contributed by atoms with Crippen LogP contribution in [0.2, 0.25) is 5.02 Å². The van der Waals surface area contributed by atoms with Gasteiger partial charge in [0.25, 0.3) is 0 Å². The van der Waals surface area contributed by atoms with Crippen LogP contribution in [0, 0.1) is 12.7 Å². The van der Waals surface area contributed by atoms with Crippen molar-refractivity contribution in [3.05, 3.63) is 51.3 Å². The lowest BCUT2D eigenvalue weighted by molar-refractivity contribution is 0.631. The van der Waals surface area contributed by atoms with E-state index in [1.165, 1.54) is 6.07 Å². The molecule has 1 aromatic carbocycles. The maximum Gasteiger partial charge on any atom is 0.142 e. The van der Waals surface area contributed by atoms with Gasteiger partial charge in [0.15, 0.2) is 0 Å². The summed E-state index contributed by atoms with van der Waals surface area (Å²) in [6.07, 6.45) is 1.81. The highest BCUT2D eigenvalue weighted by Crippen LogP contribution is 2.31. The summed E-state index contributed by atoms with van der Waals surface area (Å²) in [5.74, 6) is -0.0463. The topological polar surface area (TPSA) is 43.3 Å². The van der Waals surface area contributed by atoms with E-state index in [1.807, 2.05) is 19.2 Å². The lowest BCUT2D eigenvalue weighted by atomic mass is 10.1. The van der Waals surface area contributed by atoms with Gasteiger partial charge in [-0.1, -0.05) is 11.6 Å². The van der Waals surface area contributed by atoms with E-state index in [4.69, 9.17) is 17.3 Å². The van der Waals surface area contributed by atoms with Crippen LogP contribution in [-0.2, 0) is 0 Å². The number of fused-ring (bicyclic) bond motifs is 1. The van der Waals surface area contributed by atoms with Crippen LogP contribution >= 0.6 is 27.5 Å². The summed E-state index contributed by atoms with van der Waals surface area (Å²) in [7, 11) is 0. The van der Waals surface area contributed by atoms with Gasteiger partial charge in [0.05, 0.1) is 0 Å². The zero-order valence-electron chi connectivity index (χ0n) is 10.5. The zero-order valence-corrected chi connectivity index (χ0v) is 12.8. The third-order valence-corrected chi connectivity index (χ3v) is 3.76. The lowest BCUT2D eigenvalue weighted by Gasteiger charge is -2.02. The van der Waals surface area contributed by atoms with Crippen molar-refractivity contribution in [1.29, 1.82) is 0 Å². The van der Waals surface area contributed by atoms with Gasteiger partial charge < -0.3 is 5.73 Å². The predicted molar refractivity (Wildman–Crippen MR) is 82.4 cm³/mol. The fraction of sp³-hybridized carbons (Fsp3) is 0.0714. The number of anilines is 1. The van der Waals surface area contributed by atoms with Crippen LogP contribution in [0.25, 0.3) is 16.9 Å². The molecule has 20 heavy (non-hydrogen) atoms. The second kappa shape index (κ2) is 4.75. The first-order valence-electron chi connectivity index (χ1n) is 5.86. The second-order valence-corrected chi connectivity index (χ2v) is 5.86. The van der Waals surface area contributed by atoms with Crippen LogP contribution in [0.3, 0.4) is 0 Å². The Kier molecular flexibility index (Phi) is 3.18. The van der Waals surface area contributed by atoms with Crippen molar-refractivity contribution in [3.63, 3.8) is 0 Å². The molecular weight excluding hydrogens is 345 g/mol. The van der Waals surface area contributed by atoms with Crippen LogP contribution in [-0.4, -0.2) is 9.38 Å². The predicted octanol–water partition coefficient (Wildman–Crippen LogP) is 4.45. The van der Waals surface area contributed by atoms with Crippen LogP contribution in [0.15, 0.2) is 34.9 Å². The van der Waals surface area contributed by atoms with Gasteiger partial charge in [0.2, 0.25) is 0 Å². The van der Waals surface area contributed by atoms with Crippen molar-refractivity contribution in [3.8, 4) is 11.3 Å². The molecule has 0 aliphatic carbocycles. The van der Waals surface area contributed by atoms with Gasteiger partial charge in [0.1, 0.15) is 23.0 Å². The molecule has 2 aromatic heterocycles. The molecule has 0 fully saturated rings. The van der Waals surface area contributed by atoms with E-state index in [0.29, 0.717) is 27.7 Å². The summed E-state index contributed by atoms with van der Waals surface area (Å²) in [5.41, 5.74) is 8.51. The Balaban J connectivity index is 2.32. The maximum atomic E-state index is 14.0.